The number of hydrogen-bond donors (Lipinski definition) is 2. The first-order valence-electron chi connectivity index (χ1n) is 5.23. The molecule has 0 aromatic heterocycles. The molecule has 0 amide bonds. The van der Waals surface area contributed by atoms with Gasteiger partial charge in [-0.3, -0.25) is 0 Å². The Kier molecular flexibility index (Phi) is 3.71. The summed E-state index contributed by atoms with van der Waals surface area (Å²) in [5.74, 6) is -2.55. The van der Waals surface area contributed by atoms with E-state index < -0.39 is 23.3 Å². The molecule has 2 aromatic carbocycles. The molecule has 98 valence electrons. The van der Waals surface area contributed by atoms with E-state index in [2.05, 4.69) is 0 Å². The Morgan fingerprint density at radius 1 is 1.21 bits per heavy atom. The van der Waals surface area contributed by atoms with Crippen LogP contribution in [0.4, 0.5) is 14.5 Å². The molecule has 0 unspecified atom stereocenters. The standard InChI is InChI=1S/C13H9F2NO2S/c14-7-2-1-3-8(6-7)19-10-5-4-9(15)12(16)11(10)13(17)18/h1-6H,16H2,(H,17,18). The Bertz CT molecular complexity index is 647. The van der Waals surface area contributed by atoms with Gasteiger partial charge in [0.15, 0.2) is 0 Å². The first-order chi connectivity index (χ1) is 8.99. The minimum atomic E-state index is -1.32. The van der Waals surface area contributed by atoms with E-state index in [4.69, 9.17) is 10.8 Å². The van der Waals surface area contributed by atoms with Gasteiger partial charge in [0.05, 0.1) is 11.3 Å². The normalized spacial score (nSPS) is 10.4. The Hall–Kier alpha value is -2.08. The lowest BCUT2D eigenvalue weighted by atomic mass is 10.2. The lowest BCUT2D eigenvalue weighted by Crippen LogP contribution is -2.06. The number of hydrogen-bond acceptors (Lipinski definition) is 3. The van der Waals surface area contributed by atoms with Gasteiger partial charge in [-0.05, 0) is 30.3 Å². The van der Waals surface area contributed by atoms with Crippen molar-refractivity contribution in [1.82, 2.24) is 0 Å². The number of halogens is 2. The Labute approximate surface area is 112 Å². The van der Waals surface area contributed by atoms with E-state index in [0.717, 1.165) is 17.8 Å². The Morgan fingerprint density at radius 3 is 2.58 bits per heavy atom. The zero-order chi connectivity index (χ0) is 14.0. The van der Waals surface area contributed by atoms with Crippen LogP contribution in [0.5, 0.6) is 0 Å². The number of aromatic carboxylic acids is 1. The highest BCUT2D eigenvalue weighted by atomic mass is 32.2. The maximum atomic E-state index is 13.3. The van der Waals surface area contributed by atoms with Gasteiger partial charge in [0.25, 0.3) is 0 Å². The molecule has 0 spiro atoms. The van der Waals surface area contributed by atoms with E-state index in [9.17, 15) is 13.6 Å². The third-order valence-electron chi connectivity index (χ3n) is 2.39. The van der Waals surface area contributed by atoms with Crippen molar-refractivity contribution in [3.05, 3.63) is 53.6 Å². The average Bonchev–Trinajstić information content (AvgIpc) is 2.33. The van der Waals surface area contributed by atoms with Crippen LogP contribution < -0.4 is 5.73 Å². The maximum absolute atomic E-state index is 13.3. The van der Waals surface area contributed by atoms with E-state index in [1.165, 1.54) is 24.3 Å². The molecule has 19 heavy (non-hydrogen) atoms. The summed E-state index contributed by atoms with van der Waals surface area (Å²) in [7, 11) is 0. The number of carboxylic acids is 1. The van der Waals surface area contributed by atoms with Crippen LogP contribution in [0, 0.1) is 11.6 Å². The molecule has 0 bridgehead atoms. The molecule has 6 heteroatoms. The summed E-state index contributed by atoms with van der Waals surface area (Å²) in [6.07, 6.45) is 0. The van der Waals surface area contributed by atoms with Gasteiger partial charge in [-0.2, -0.15) is 0 Å². The van der Waals surface area contributed by atoms with Crippen molar-refractivity contribution < 1.29 is 18.7 Å². The molecule has 0 saturated carbocycles. The quantitative estimate of drug-likeness (QED) is 0.846. The number of benzene rings is 2. The fraction of sp³-hybridized carbons (Fsp3) is 0. The molecule has 0 aliphatic carbocycles. The zero-order valence-corrected chi connectivity index (χ0v) is 10.4. The van der Waals surface area contributed by atoms with E-state index in [-0.39, 0.29) is 10.5 Å². The van der Waals surface area contributed by atoms with Gasteiger partial charge < -0.3 is 10.8 Å². The second kappa shape index (κ2) is 5.27. The number of nitrogens with two attached hydrogens (primary N) is 1. The zero-order valence-electron chi connectivity index (χ0n) is 9.56. The summed E-state index contributed by atoms with van der Waals surface area (Å²) < 4.78 is 26.3. The van der Waals surface area contributed by atoms with E-state index in [1.807, 2.05) is 0 Å². The Morgan fingerprint density at radius 2 is 1.95 bits per heavy atom. The number of carbonyl (C=O) groups is 1. The van der Waals surface area contributed by atoms with Crippen molar-refractivity contribution >= 4 is 23.4 Å². The number of rotatable bonds is 3. The average molecular weight is 281 g/mol. The predicted molar refractivity (Wildman–Crippen MR) is 68.3 cm³/mol. The highest BCUT2D eigenvalue weighted by Gasteiger charge is 2.18. The summed E-state index contributed by atoms with van der Waals surface area (Å²) in [5, 5.41) is 9.07. The van der Waals surface area contributed by atoms with Gasteiger partial charge in [-0.1, -0.05) is 17.8 Å². The van der Waals surface area contributed by atoms with E-state index >= 15 is 0 Å². The van der Waals surface area contributed by atoms with Crippen LogP contribution in [0.1, 0.15) is 10.4 Å². The van der Waals surface area contributed by atoms with E-state index in [0.29, 0.717) is 4.90 Å². The van der Waals surface area contributed by atoms with Crippen molar-refractivity contribution in [3.63, 3.8) is 0 Å². The first kappa shape index (κ1) is 13.4. The van der Waals surface area contributed by atoms with Gasteiger partial charge in [0, 0.05) is 9.79 Å². The van der Waals surface area contributed by atoms with Crippen LogP contribution in [0.2, 0.25) is 0 Å². The topological polar surface area (TPSA) is 63.3 Å². The predicted octanol–water partition coefficient (Wildman–Crippen LogP) is 3.40. The van der Waals surface area contributed by atoms with Crippen molar-refractivity contribution in [2.24, 2.45) is 0 Å². The minimum absolute atomic E-state index is 0.261. The van der Waals surface area contributed by atoms with Crippen molar-refractivity contribution in [2.45, 2.75) is 9.79 Å². The van der Waals surface area contributed by atoms with Crippen molar-refractivity contribution in [3.8, 4) is 0 Å². The van der Waals surface area contributed by atoms with Gasteiger partial charge in [-0.25, -0.2) is 13.6 Å². The molecule has 0 aliphatic heterocycles. The SMILES string of the molecule is Nc1c(F)ccc(Sc2cccc(F)c2)c1C(=O)O. The molecular weight excluding hydrogens is 272 g/mol. The summed E-state index contributed by atoms with van der Waals surface area (Å²) in [6.45, 7) is 0. The number of anilines is 1. The molecule has 0 atom stereocenters. The van der Waals surface area contributed by atoms with Gasteiger partial charge in [0.2, 0.25) is 0 Å². The van der Waals surface area contributed by atoms with Gasteiger partial charge in [-0.15, -0.1) is 0 Å². The lowest BCUT2D eigenvalue weighted by Gasteiger charge is -2.09. The molecule has 3 N–H and O–H groups in total. The largest absolute Gasteiger partial charge is 0.478 e. The third-order valence-corrected chi connectivity index (χ3v) is 3.44. The molecule has 0 aliphatic rings. The molecule has 2 rings (SSSR count). The van der Waals surface area contributed by atoms with Crippen molar-refractivity contribution in [1.29, 1.82) is 0 Å². The second-order valence-electron chi connectivity index (χ2n) is 3.70. The monoisotopic (exact) mass is 281 g/mol. The van der Waals surface area contributed by atoms with Crippen molar-refractivity contribution in [2.75, 3.05) is 5.73 Å². The van der Waals surface area contributed by atoms with Gasteiger partial charge in [0.1, 0.15) is 11.6 Å². The summed E-state index contributed by atoms with van der Waals surface area (Å²) in [4.78, 5) is 11.9. The molecule has 0 heterocycles. The smallest absolute Gasteiger partial charge is 0.339 e. The maximum Gasteiger partial charge on any atom is 0.339 e. The lowest BCUT2D eigenvalue weighted by molar-refractivity contribution is 0.0694. The molecule has 0 radical (unpaired) electrons. The summed E-state index contributed by atoms with van der Waals surface area (Å²) in [6, 6.07) is 8.06. The van der Waals surface area contributed by atoms with Crippen LogP contribution in [-0.4, -0.2) is 11.1 Å². The summed E-state index contributed by atoms with van der Waals surface area (Å²) in [5.41, 5.74) is 4.69. The number of carboxylic acid groups (broad SMARTS) is 1. The second-order valence-corrected chi connectivity index (χ2v) is 4.81. The fourth-order valence-corrected chi connectivity index (χ4v) is 2.54. The van der Waals surface area contributed by atoms with E-state index in [1.54, 1.807) is 6.07 Å². The highest BCUT2D eigenvalue weighted by Crippen LogP contribution is 2.34. The molecule has 0 fully saturated rings. The Balaban J connectivity index is 2.46. The molecule has 2 aromatic rings. The molecule has 3 nitrogen and oxygen atoms in total. The van der Waals surface area contributed by atoms with Crippen LogP contribution in [0.15, 0.2) is 46.2 Å². The van der Waals surface area contributed by atoms with Crippen LogP contribution in [0.25, 0.3) is 0 Å². The highest BCUT2D eigenvalue weighted by molar-refractivity contribution is 7.99. The fourth-order valence-electron chi connectivity index (χ4n) is 1.54. The third kappa shape index (κ3) is 2.85. The number of nitrogen functional groups attached to an aromatic ring is 1. The van der Waals surface area contributed by atoms with Crippen LogP contribution in [-0.2, 0) is 0 Å². The molecule has 0 saturated heterocycles. The van der Waals surface area contributed by atoms with Gasteiger partial charge >= 0.3 is 5.97 Å². The van der Waals surface area contributed by atoms with Crippen LogP contribution >= 0.6 is 11.8 Å². The summed E-state index contributed by atoms with van der Waals surface area (Å²) >= 11 is 1.01. The minimum Gasteiger partial charge on any atom is -0.478 e. The molecular formula is C13H9F2NO2S. The first-order valence-corrected chi connectivity index (χ1v) is 6.05. The van der Waals surface area contributed by atoms with Crippen LogP contribution in [0.3, 0.4) is 0 Å².